The van der Waals surface area contributed by atoms with Crippen molar-refractivity contribution >= 4 is 5.91 Å². The highest BCUT2D eigenvalue weighted by molar-refractivity contribution is 5.77. The number of nitrogens with zero attached hydrogens (tertiary/aromatic N) is 2. The second-order valence-corrected chi connectivity index (χ2v) is 2.71. The standard InChI is InChI=1S/C8H13N3O3/c1-11-5-7(4-10-11)14-6-8(13)9-2-3-12/h4-5,12H,2-3,6H2,1H3,(H,9,13). The van der Waals surface area contributed by atoms with Gasteiger partial charge in [0.05, 0.1) is 19.0 Å². The van der Waals surface area contributed by atoms with Gasteiger partial charge in [0.2, 0.25) is 0 Å². The van der Waals surface area contributed by atoms with Crippen LogP contribution in [0.2, 0.25) is 0 Å². The van der Waals surface area contributed by atoms with E-state index >= 15 is 0 Å². The van der Waals surface area contributed by atoms with Crippen LogP contribution in [0.25, 0.3) is 0 Å². The number of aromatic nitrogens is 2. The Morgan fingerprint density at radius 3 is 3.14 bits per heavy atom. The van der Waals surface area contributed by atoms with Crippen LogP contribution in [-0.4, -0.2) is 40.6 Å². The molecule has 0 aromatic carbocycles. The highest BCUT2D eigenvalue weighted by atomic mass is 16.5. The maximum absolute atomic E-state index is 11.0. The molecule has 0 saturated heterocycles. The topological polar surface area (TPSA) is 76.4 Å². The molecule has 78 valence electrons. The largest absolute Gasteiger partial charge is 0.480 e. The smallest absolute Gasteiger partial charge is 0.258 e. The minimum absolute atomic E-state index is 0.0638. The molecule has 0 fully saturated rings. The first-order valence-corrected chi connectivity index (χ1v) is 4.21. The summed E-state index contributed by atoms with van der Waals surface area (Å²) in [5.41, 5.74) is 0. The molecule has 1 rings (SSSR count). The van der Waals surface area contributed by atoms with Gasteiger partial charge in [-0.15, -0.1) is 0 Å². The van der Waals surface area contributed by atoms with Crippen molar-refractivity contribution < 1.29 is 14.6 Å². The van der Waals surface area contributed by atoms with Gasteiger partial charge in [-0.05, 0) is 0 Å². The summed E-state index contributed by atoms with van der Waals surface area (Å²) in [5.74, 6) is 0.287. The van der Waals surface area contributed by atoms with E-state index in [1.807, 2.05) is 0 Å². The normalized spacial score (nSPS) is 9.86. The Bertz CT molecular complexity index is 298. The first-order valence-electron chi connectivity index (χ1n) is 4.21. The Kier molecular flexibility index (Phi) is 3.93. The molecule has 0 unspecified atom stereocenters. The number of nitrogens with one attached hydrogen (secondary N) is 1. The second kappa shape index (κ2) is 5.23. The summed E-state index contributed by atoms with van der Waals surface area (Å²) in [6.07, 6.45) is 3.19. The average Bonchev–Trinajstić information content (AvgIpc) is 2.58. The Hall–Kier alpha value is -1.56. The lowest BCUT2D eigenvalue weighted by molar-refractivity contribution is -0.123. The monoisotopic (exact) mass is 199 g/mol. The number of aliphatic hydroxyl groups excluding tert-OH is 1. The number of carbonyl (C=O) groups is 1. The quantitative estimate of drug-likeness (QED) is 0.631. The molecule has 0 saturated carbocycles. The fourth-order valence-electron chi connectivity index (χ4n) is 0.869. The van der Waals surface area contributed by atoms with Crippen molar-refractivity contribution in [2.45, 2.75) is 0 Å². The Morgan fingerprint density at radius 1 is 1.79 bits per heavy atom. The minimum atomic E-state index is -0.261. The van der Waals surface area contributed by atoms with Crippen LogP contribution in [0.15, 0.2) is 12.4 Å². The zero-order valence-electron chi connectivity index (χ0n) is 7.93. The fraction of sp³-hybridized carbons (Fsp3) is 0.500. The highest BCUT2D eigenvalue weighted by Gasteiger charge is 2.02. The van der Waals surface area contributed by atoms with Crippen molar-refractivity contribution in [1.29, 1.82) is 0 Å². The molecular formula is C8H13N3O3. The zero-order chi connectivity index (χ0) is 10.4. The van der Waals surface area contributed by atoms with Gasteiger partial charge >= 0.3 is 0 Å². The van der Waals surface area contributed by atoms with Crippen molar-refractivity contribution in [2.24, 2.45) is 7.05 Å². The summed E-state index contributed by atoms with van der Waals surface area (Å²) in [6.45, 7) is 0.111. The van der Waals surface area contributed by atoms with Crippen LogP contribution < -0.4 is 10.1 Å². The van der Waals surface area contributed by atoms with Crippen molar-refractivity contribution in [3.8, 4) is 5.75 Å². The molecule has 0 atom stereocenters. The Labute approximate surface area is 81.5 Å². The van der Waals surface area contributed by atoms with Gasteiger partial charge in [-0.2, -0.15) is 5.10 Å². The van der Waals surface area contributed by atoms with Crippen LogP contribution >= 0.6 is 0 Å². The first-order chi connectivity index (χ1) is 6.72. The summed E-state index contributed by atoms with van der Waals surface area (Å²) >= 11 is 0. The van der Waals surface area contributed by atoms with Crippen LogP contribution in [-0.2, 0) is 11.8 Å². The van der Waals surface area contributed by atoms with Crippen LogP contribution in [0.4, 0.5) is 0 Å². The van der Waals surface area contributed by atoms with Gasteiger partial charge in [-0.25, -0.2) is 0 Å². The molecule has 1 aromatic heterocycles. The van der Waals surface area contributed by atoms with E-state index in [1.165, 1.54) is 6.20 Å². The molecule has 0 spiro atoms. The average molecular weight is 199 g/mol. The van der Waals surface area contributed by atoms with Gasteiger partial charge in [0, 0.05) is 13.6 Å². The van der Waals surface area contributed by atoms with E-state index in [4.69, 9.17) is 9.84 Å². The highest BCUT2D eigenvalue weighted by Crippen LogP contribution is 2.05. The molecule has 1 aromatic rings. The summed E-state index contributed by atoms with van der Waals surface area (Å²) in [4.78, 5) is 11.0. The molecule has 0 aliphatic carbocycles. The van der Waals surface area contributed by atoms with Crippen LogP contribution in [0.5, 0.6) is 5.75 Å². The van der Waals surface area contributed by atoms with E-state index < -0.39 is 0 Å². The van der Waals surface area contributed by atoms with Gasteiger partial charge in [0.25, 0.3) is 5.91 Å². The van der Waals surface area contributed by atoms with Crippen molar-refractivity contribution in [3.63, 3.8) is 0 Å². The summed E-state index contributed by atoms with van der Waals surface area (Å²) in [7, 11) is 1.76. The van der Waals surface area contributed by atoms with E-state index in [1.54, 1.807) is 17.9 Å². The summed E-state index contributed by atoms with van der Waals surface area (Å²) in [5, 5.41) is 14.8. The molecule has 0 bridgehead atoms. The number of aliphatic hydroxyl groups is 1. The van der Waals surface area contributed by atoms with Gasteiger partial charge < -0.3 is 15.2 Å². The maximum Gasteiger partial charge on any atom is 0.258 e. The van der Waals surface area contributed by atoms with Gasteiger partial charge in [0.15, 0.2) is 12.4 Å². The fourth-order valence-corrected chi connectivity index (χ4v) is 0.869. The third-order valence-corrected chi connectivity index (χ3v) is 1.49. The zero-order valence-corrected chi connectivity index (χ0v) is 7.93. The minimum Gasteiger partial charge on any atom is -0.480 e. The Balaban J connectivity index is 2.23. The number of ether oxygens (including phenoxy) is 1. The number of carbonyl (C=O) groups excluding carboxylic acids is 1. The Morgan fingerprint density at radius 2 is 2.57 bits per heavy atom. The molecule has 0 aliphatic heterocycles. The van der Waals surface area contributed by atoms with Crippen LogP contribution in [0, 0.1) is 0 Å². The molecule has 14 heavy (non-hydrogen) atoms. The molecular weight excluding hydrogens is 186 g/mol. The number of rotatable bonds is 5. The number of amides is 1. The van der Waals surface area contributed by atoms with E-state index in [-0.39, 0.29) is 25.7 Å². The van der Waals surface area contributed by atoms with Gasteiger partial charge in [0.1, 0.15) is 0 Å². The number of aryl methyl sites for hydroxylation is 1. The molecule has 6 heteroatoms. The lowest BCUT2D eigenvalue weighted by Crippen LogP contribution is -2.31. The van der Waals surface area contributed by atoms with E-state index in [0.717, 1.165) is 0 Å². The van der Waals surface area contributed by atoms with E-state index in [2.05, 4.69) is 10.4 Å². The number of hydrogen-bond acceptors (Lipinski definition) is 4. The van der Waals surface area contributed by atoms with Gasteiger partial charge in [-0.1, -0.05) is 0 Å². The van der Waals surface area contributed by atoms with Crippen molar-refractivity contribution in [2.75, 3.05) is 19.8 Å². The molecule has 0 aliphatic rings. The molecule has 0 radical (unpaired) electrons. The van der Waals surface area contributed by atoms with Crippen LogP contribution in [0.1, 0.15) is 0 Å². The lowest BCUT2D eigenvalue weighted by Gasteiger charge is -2.03. The molecule has 2 N–H and O–H groups in total. The predicted molar refractivity (Wildman–Crippen MR) is 48.8 cm³/mol. The van der Waals surface area contributed by atoms with Gasteiger partial charge in [-0.3, -0.25) is 9.48 Å². The molecule has 1 amide bonds. The van der Waals surface area contributed by atoms with E-state index in [0.29, 0.717) is 5.75 Å². The van der Waals surface area contributed by atoms with Crippen molar-refractivity contribution in [3.05, 3.63) is 12.4 Å². The first kappa shape index (κ1) is 10.5. The lowest BCUT2D eigenvalue weighted by atomic mass is 10.5. The third-order valence-electron chi connectivity index (χ3n) is 1.49. The van der Waals surface area contributed by atoms with Crippen molar-refractivity contribution in [1.82, 2.24) is 15.1 Å². The maximum atomic E-state index is 11.0. The summed E-state index contributed by atoms with van der Waals surface area (Å²) in [6, 6.07) is 0. The number of hydrogen-bond donors (Lipinski definition) is 2. The third kappa shape index (κ3) is 3.44. The SMILES string of the molecule is Cn1cc(OCC(=O)NCCO)cn1. The van der Waals surface area contributed by atoms with E-state index in [9.17, 15) is 4.79 Å². The van der Waals surface area contributed by atoms with Crippen LogP contribution in [0.3, 0.4) is 0 Å². The summed E-state index contributed by atoms with van der Waals surface area (Å²) < 4.78 is 6.69. The molecule has 1 heterocycles. The molecule has 6 nitrogen and oxygen atoms in total. The predicted octanol–water partition coefficient (Wildman–Crippen LogP) is -1.09. The second-order valence-electron chi connectivity index (χ2n) is 2.71.